The maximum absolute atomic E-state index is 12.0. The third kappa shape index (κ3) is 4.20. The van der Waals surface area contributed by atoms with Crippen LogP contribution in [-0.4, -0.2) is 44.2 Å². The standard InChI is InChI=1S/C10H22N2O2S.ClH/c1-3-7-12(10-5-6-11-9-10)15(13,14)8-4-2;/h10-11H,3-9H2,1-2H3;1H. The van der Waals surface area contributed by atoms with Gasteiger partial charge in [-0.3, -0.25) is 0 Å². The molecule has 16 heavy (non-hydrogen) atoms. The SMILES string of the molecule is CCCN(C1CCNC1)S(=O)(=O)CCC.Cl. The molecule has 1 fully saturated rings. The quantitative estimate of drug-likeness (QED) is 0.790. The van der Waals surface area contributed by atoms with Crippen LogP contribution in [0, 0.1) is 0 Å². The Kier molecular flexibility index (Phi) is 7.55. The van der Waals surface area contributed by atoms with E-state index in [1.165, 1.54) is 0 Å². The summed E-state index contributed by atoms with van der Waals surface area (Å²) in [5.74, 6) is 0.281. The van der Waals surface area contributed by atoms with Crippen molar-refractivity contribution in [2.24, 2.45) is 0 Å². The Morgan fingerprint density at radius 1 is 1.31 bits per heavy atom. The van der Waals surface area contributed by atoms with Crippen LogP contribution in [0.2, 0.25) is 0 Å². The Bertz CT molecular complexity index is 277. The molecule has 0 bridgehead atoms. The van der Waals surface area contributed by atoms with Gasteiger partial charge in [-0.1, -0.05) is 13.8 Å². The molecule has 1 N–H and O–H groups in total. The van der Waals surface area contributed by atoms with Crippen molar-refractivity contribution >= 4 is 22.4 Å². The molecule has 0 aliphatic carbocycles. The number of sulfonamides is 1. The predicted molar refractivity (Wildman–Crippen MR) is 69.6 cm³/mol. The van der Waals surface area contributed by atoms with Crippen molar-refractivity contribution in [2.75, 3.05) is 25.4 Å². The van der Waals surface area contributed by atoms with Gasteiger partial charge >= 0.3 is 0 Å². The topological polar surface area (TPSA) is 49.4 Å². The Labute approximate surface area is 105 Å². The largest absolute Gasteiger partial charge is 0.315 e. The van der Waals surface area contributed by atoms with Crippen LogP contribution in [-0.2, 0) is 10.0 Å². The van der Waals surface area contributed by atoms with Crippen LogP contribution < -0.4 is 5.32 Å². The highest BCUT2D eigenvalue weighted by atomic mass is 35.5. The Morgan fingerprint density at radius 3 is 2.44 bits per heavy atom. The highest BCUT2D eigenvalue weighted by Gasteiger charge is 2.30. The van der Waals surface area contributed by atoms with Crippen molar-refractivity contribution in [2.45, 2.75) is 39.2 Å². The molecule has 0 saturated carbocycles. The summed E-state index contributed by atoms with van der Waals surface area (Å²) in [5.41, 5.74) is 0. The zero-order chi connectivity index (χ0) is 11.3. The van der Waals surface area contributed by atoms with Crippen LogP contribution in [0.3, 0.4) is 0 Å². The van der Waals surface area contributed by atoms with Crippen LogP contribution in [0.4, 0.5) is 0 Å². The number of rotatable bonds is 6. The highest BCUT2D eigenvalue weighted by molar-refractivity contribution is 7.89. The van der Waals surface area contributed by atoms with Crippen LogP contribution in [0.1, 0.15) is 33.1 Å². The summed E-state index contributed by atoms with van der Waals surface area (Å²) in [5, 5.41) is 3.22. The molecule has 6 heteroatoms. The molecule has 1 atom stereocenters. The fraction of sp³-hybridized carbons (Fsp3) is 1.00. The van der Waals surface area contributed by atoms with Crippen molar-refractivity contribution in [1.29, 1.82) is 0 Å². The third-order valence-corrected chi connectivity index (χ3v) is 4.82. The molecular formula is C10H23ClN2O2S. The lowest BCUT2D eigenvalue weighted by Crippen LogP contribution is -2.43. The molecule has 1 rings (SSSR count). The van der Waals surface area contributed by atoms with E-state index in [4.69, 9.17) is 0 Å². The average molecular weight is 271 g/mol. The molecule has 98 valence electrons. The van der Waals surface area contributed by atoms with E-state index in [0.717, 1.165) is 25.9 Å². The number of halogens is 1. The Hall–Kier alpha value is 0.160. The summed E-state index contributed by atoms with van der Waals surface area (Å²) in [6.45, 7) is 6.34. The van der Waals surface area contributed by atoms with Gasteiger partial charge in [0, 0.05) is 19.1 Å². The van der Waals surface area contributed by atoms with Crippen molar-refractivity contribution in [3.05, 3.63) is 0 Å². The van der Waals surface area contributed by atoms with Crippen molar-refractivity contribution in [3.63, 3.8) is 0 Å². The molecule has 1 saturated heterocycles. The monoisotopic (exact) mass is 270 g/mol. The smallest absolute Gasteiger partial charge is 0.214 e. The van der Waals surface area contributed by atoms with Gasteiger partial charge < -0.3 is 5.32 Å². The minimum absolute atomic E-state index is 0. The first-order valence-electron chi connectivity index (χ1n) is 5.82. The highest BCUT2D eigenvalue weighted by Crippen LogP contribution is 2.15. The number of hydrogen-bond donors (Lipinski definition) is 1. The second-order valence-corrected chi connectivity index (χ2v) is 6.11. The molecule has 1 aliphatic heterocycles. The molecule has 0 aromatic carbocycles. The van der Waals surface area contributed by atoms with E-state index in [-0.39, 0.29) is 24.2 Å². The zero-order valence-electron chi connectivity index (χ0n) is 10.1. The lowest BCUT2D eigenvalue weighted by atomic mass is 10.2. The second kappa shape index (κ2) is 7.48. The molecular weight excluding hydrogens is 248 g/mol. The van der Waals surface area contributed by atoms with Crippen LogP contribution in [0.25, 0.3) is 0 Å². The van der Waals surface area contributed by atoms with Gasteiger partial charge in [0.05, 0.1) is 5.75 Å². The lowest BCUT2D eigenvalue weighted by molar-refractivity contribution is 0.335. The summed E-state index contributed by atoms with van der Waals surface area (Å²) in [6, 6.07) is 0.182. The average Bonchev–Trinajstić information content (AvgIpc) is 2.66. The lowest BCUT2D eigenvalue weighted by Gasteiger charge is -2.27. The van der Waals surface area contributed by atoms with E-state index in [1.807, 2.05) is 13.8 Å². The molecule has 4 nitrogen and oxygen atoms in total. The van der Waals surface area contributed by atoms with Crippen molar-refractivity contribution in [3.8, 4) is 0 Å². The third-order valence-electron chi connectivity index (χ3n) is 2.70. The van der Waals surface area contributed by atoms with Gasteiger partial charge in [-0.05, 0) is 25.8 Å². The first-order valence-corrected chi connectivity index (χ1v) is 7.43. The van der Waals surface area contributed by atoms with E-state index in [9.17, 15) is 8.42 Å². The second-order valence-electron chi connectivity index (χ2n) is 4.07. The maximum atomic E-state index is 12.0. The summed E-state index contributed by atoms with van der Waals surface area (Å²) in [6.07, 6.45) is 2.53. The molecule has 1 aliphatic rings. The van der Waals surface area contributed by atoms with E-state index >= 15 is 0 Å². The zero-order valence-corrected chi connectivity index (χ0v) is 11.7. The molecule has 0 aromatic heterocycles. The van der Waals surface area contributed by atoms with Crippen LogP contribution in [0.15, 0.2) is 0 Å². The van der Waals surface area contributed by atoms with Gasteiger partial charge in [-0.15, -0.1) is 12.4 Å². The van der Waals surface area contributed by atoms with E-state index < -0.39 is 10.0 Å². The first kappa shape index (κ1) is 16.2. The van der Waals surface area contributed by atoms with Gasteiger partial charge in [0.15, 0.2) is 0 Å². The van der Waals surface area contributed by atoms with Crippen molar-refractivity contribution in [1.82, 2.24) is 9.62 Å². The Morgan fingerprint density at radius 2 is 2.00 bits per heavy atom. The van der Waals surface area contributed by atoms with Crippen LogP contribution in [0.5, 0.6) is 0 Å². The molecule has 1 unspecified atom stereocenters. The number of nitrogens with one attached hydrogen (secondary N) is 1. The van der Waals surface area contributed by atoms with Crippen LogP contribution >= 0.6 is 12.4 Å². The first-order chi connectivity index (χ1) is 7.11. The number of hydrogen-bond acceptors (Lipinski definition) is 3. The van der Waals surface area contributed by atoms with Gasteiger partial charge in [0.1, 0.15) is 0 Å². The van der Waals surface area contributed by atoms with E-state index in [0.29, 0.717) is 13.0 Å². The minimum Gasteiger partial charge on any atom is -0.315 e. The predicted octanol–water partition coefficient (Wildman–Crippen LogP) is 1.22. The molecule has 0 spiro atoms. The summed E-state index contributed by atoms with van der Waals surface area (Å²) in [7, 11) is -3.02. The van der Waals surface area contributed by atoms with E-state index in [2.05, 4.69) is 5.32 Å². The summed E-state index contributed by atoms with van der Waals surface area (Å²) >= 11 is 0. The minimum atomic E-state index is -3.02. The summed E-state index contributed by atoms with van der Waals surface area (Å²) in [4.78, 5) is 0. The maximum Gasteiger partial charge on any atom is 0.214 e. The normalized spacial score (nSPS) is 21.1. The molecule has 0 amide bonds. The van der Waals surface area contributed by atoms with E-state index in [1.54, 1.807) is 4.31 Å². The fourth-order valence-corrected chi connectivity index (χ4v) is 3.87. The van der Waals surface area contributed by atoms with Gasteiger partial charge in [0.25, 0.3) is 0 Å². The van der Waals surface area contributed by atoms with Gasteiger partial charge in [0.2, 0.25) is 10.0 Å². The molecule has 0 aromatic rings. The molecule has 1 heterocycles. The van der Waals surface area contributed by atoms with Gasteiger partial charge in [-0.25, -0.2) is 8.42 Å². The molecule has 0 radical (unpaired) electrons. The Balaban J connectivity index is 0.00000225. The summed E-state index contributed by atoms with van der Waals surface area (Å²) < 4.78 is 25.7. The van der Waals surface area contributed by atoms with Gasteiger partial charge in [-0.2, -0.15) is 4.31 Å². The fourth-order valence-electron chi connectivity index (χ4n) is 2.03. The number of nitrogens with zero attached hydrogens (tertiary/aromatic N) is 1. The van der Waals surface area contributed by atoms with Crippen molar-refractivity contribution < 1.29 is 8.42 Å².